The molecule has 42 heavy (non-hydrogen) atoms. The zero-order valence-corrected chi connectivity index (χ0v) is 23.4. The van der Waals surface area contributed by atoms with Gasteiger partial charge >= 0.3 is 0 Å². The Labute approximate surface area is 246 Å². The topological polar surface area (TPSA) is 67.6 Å². The summed E-state index contributed by atoms with van der Waals surface area (Å²) in [5.74, 6) is 0. The SMILES string of the molecule is c1ccc(COC[C@H]2O[C@@H](c3cn(Cc4ccccc4)nn3)[C@H](OCc3ccccc3)[C@@H]2OCc2ccccc2)cc1. The van der Waals surface area contributed by atoms with Crippen LogP contribution in [0.5, 0.6) is 0 Å². The molecule has 1 aliphatic heterocycles. The van der Waals surface area contributed by atoms with Crippen molar-refractivity contribution in [2.24, 2.45) is 0 Å². The first kappa shape index (κ1) is 28.0. The van der Waals surface area contributed by atoms with Gasteiger partial charge in [0, 0.05) is 0 Å². The second-order valence-corrected chi connectivity index (χ2v) is 10.4. The fraction of sp³-hybridized carbons (Fsp3) is 0.257. The Morgan fingerprint density at radius 1 is 0.595 bits per heavy atom. The van der Waals surface area contributed by atoms with Gasteiger partial charge in [-0.15, -0.1) is 5.10 Å². The highest BCUT2D eigenvalue weighted by Crippen LogP contribution is 2.38. The van der Waals surface area contributed by atoms with Crippen molar-refractivity contribution in [2.45, 2.75) is 50.8 Å². The molecule has 0 amide bonds. The molecule has 7 heteroatoms. The molecule has 0 N–H and O–H groups in total. The Hall–Kier alpha value is -4.14. The Balaban J connectivity index is 1.24. The van der Waals surface area contributed by atoms with Gasteiger partial charge in [-0.05, 0) is 22.3 Å². The molecular weight excluding hydrogens is 526 g/mol. The molecule has 1 aliphatic rings. The van der Waals surface area contributed by atoms with Crippen LogP contribution in [0.3, 0.4) is 0 Å². The number of benzene rings is 4. The average molecular weight is 562 g/mol. The Bertz CT molecular complexity index is 1480. The highest BCUT2D eigenvalue weighted by atomic mass is 16.6. The van der Waals surface area contributed by atoms with Gasteiger partial charge in [0.25, 0.3) is 0 Å². The Kier molecular flexibility index (Phi) is 9.44. The molecule has 0 spiro atoms. The summed E-state index contributed by atoms with van der Waals surface area (Å²) in [5, 5.41) is 8.94. The van der Waals surface area contributed by atoms with Crippen LogP contribution in [0.15, 0.2) is 128 Å². The third-order valence-corrected chi connectivity index (χ3v) is 7.31. The molecule has 0 unspecified atom stereocenters. The van der Waals surface area contributed by atoms with Crippen molar-refractivity contribution < 1.29 is 18.9 Å². The summed E-state index contributed by atoms with van der Waals surface area (Å²) in [7, 11) is 0. The first-order valence-electron chi connectivity index (χ1n) is 14.3. The van der Waals surface area contributed by atoms with Gasteiger partial charge in [0.15, 0.2) is 0 Å². The molecule has 2 heterocycles. The number of hydrogen-bond acceptors (Lipinski definition) is 6. The van der Waals surface area contributed by atoms with Crippen molar-refractivity contribution >= 4 is 0 Å². The first-order valence-corrected chi connectivity index (χ1v) is 14.3. The van der Waals surface area contributed by atoms with Crippen LogP contribution in [0, 0.1) is 0 Å². The summed E-state index contributed by atoms with van der Waals surface area (Å²) >= 11 is 0. The molecular formula is C35H35N3O4. The molecule has 7 nitrogen and oxygen atoms in total. The molecule has 0 radical (unpaired) electrons. The highest BCUT2D eigenvalue weighted by Gasteiger charge is 2.48. The predicted octanol–water partition coefficient (Wildman–Crippen LogP) is 6.15. The minimum atomic E-state index is -0.468. The van der Waals surface area contributed by atoms with Gasteiger partial charge in [0.05, 0.1) is 39.2 Å². The van der Waals surface area contributed by atoms with Crippen molar-refractivity contribution in [3.05, 3.63) is 155 Å². The third-order valence-electron chi connectivity index (χ3n) is 7.31. The fourth-order valence-corrected chi connectivity index (χ4v) is 5.18. The number of ether oxygens (including phenoxy) is 4. The zero-order chi connectivity index (χ0) is 28.4. The van der Waals surface area contributed by atoms with Gasteiger partial charge in [-0.2, -0.15) is 0 Å². The van der Waals surface area contributed by atoms with Crippen LogP contribution in [-0.2, 0) is 45.3 Å². The summed E-state index contributed by atoms with van der Waals surface area (Å²) < 4.78 is 27.8. The van der Waals surface area contributed by atoms with E-state index in [1.807, 2.05) is 83.7 Å². The van der Waals surface area contributed by atoms with E-state index in [-0.39, 0.29) is 12.2 Å². The van der Waals surface area contributed by atoms with Gasteiger partial charge in [-0.25, -0.2) is 4.68 Å². The molecule has 4 atom stereocenters. The van der Waals surface area contributed by atoms with E-state index < -0.39 is 12.2 Å². The highest BCUT2D eigenvalue weighted by molar-refractivity contribution is 5.18. The van der Waals surface area contributed by atoms with Crippen LogP contribution in [0.2, 0.25) is 0 Å². The van der Waals surface area contributed by atoms with Crippen LogP contribution >= 0.6 is 0 Å². The lowest BCUT2D eigenvalue weighted by Crippen LogP contribution is -2.37. The number of hydrogen-bond donors (Lipinski definition) is 0. The monoisotopic (exact) mass is 561 g/mol. The summed E-state index contributed by atoms with van der Waals surface area (Å²) in [6.45, 7) is 2.32. The summed E-state index contributed by atoms with van der Waals surface area (Å²) in [6, 6.07) is 40.6. The van der Waals surface area contributed by atoms with E-state index in [1.54, 1.807) is 0 Å². The Morgan fingerprint density at radius 3 is 1.67 bits per heavy atom. The lowest BCUT2D eigenvalue weighted by atomic mass is 10.0. The van der Waals surface area contributed by atoms with E-state index in [9.17, 15) is 0 Å². The number of nitrogens with zero attached hydrogens (tertiary/aromatic N) is 3. The maximum atomic E-state index is 6.66. The van der Waals surface area contributed by atoms with Crippen molar-refractivity contribution in [2.75, 3.05) is 6.61 Å². The molecule has 0 aliphatic carbocycles. The van der Waals surface area contributed by atoms with Gasteiger partial charge < -0.3 is 18.9 Å². The molecule has 214 valence electrons. The molecule has 1 fully saturated rings. The van der Waals surface area contributed by atoms with E-state index in [0.29, 0.717) is 38.7 Å². The summed E-state index contributed by atoms with van der Waals surface area (Å²) in [6.07, 6.45) is 0.319. The predicted molar refractivity (Wildman–Crippen MR) is 159 cm³/mol. The first-order chi connectivity index (χ1) is 20.8. The van der Waals surface area contributed by atoms with Crippen LogP contribution in [0.25, 0.3) is 0 Å². The van der Waals surface area contributed by atoms with E-state index in [1.165, 1.54) is 0 Å². The minimum absolute atomic E-state index is 0.355. The largest absolute Gasteiger partial charge is 0.374 e. The molecule has 0 bridgehead atoms. The quantitative estimate of drug-likeness (QED) is 0.172. The average Bonchev–Trinajstić information content (AvgIpc) is 3.65. The van der Waals surface area contributed by atoms with Crippen LogP contribution in [0.4, 0.5) is 0 Å². The fourth-order valence-electron chi connectivity index (χ4n) is 5.18. The van der Waals surface area contributed by atoms with Crippen molar-refractivity contribution in [1.29, 1.82) is 0 Å². The normalized spacial score (nSPS) is 20.1. The lowest BCUT2D eigenvalue weighted by molar-refractivity contribution is -0.0898. The second-order valence-electron chi connectivity index (χ2n) is 10.4. The van der Waals surface area contributed by atoms with E-state index >= 15 is 0 Å². The van der Waals surface area contributed by atoms with Gasteiger partial charge in [0.2, 0.25) is 0 Å². The van der Waals surface area contributed by atoms with Crippen LogP contribution in [-0.4, -0.2) is 39.9 Å². The minimum Gasteiger partial charge on any atom is -0.374 e. The van der Waals surface area contributed by atoms with Gasteiger partial charge in [0.1, 0.15) is 30.1 Å². The van der Waals surface area contributed by atoms with Crippen LogP contribution < -0.4 is 0 Å². The maximum Gasteiger partial charge on any atom is 0.132 e. The smallest absolute Gasteiger partial charge is 0.132 e. The van der Waals surface area contributed by atoms with Gasteiger partial charge in [-0.3, -0.25) is 0 Å². The molecule has 0 saturated carbocycles. The summed E-state index contributed by atoms with van der Waals surface area (Å²) in [4.78, 5) is 0. The van der Waals surface area contributed by atoms with Gasteiger partial charge in [-0.1, -0.05) is 127 Å². The standard InChI is InChI=1S/C35H35N3O4/c1-5-13-27(14-6-1)21-38-22-31(36-37-38)33-35(41-25-30-19-11-4-12-20-30)34(40-24-29-17-9-3-10-18-29)32(42-33)26-39-23-28-15-7-2-8-16-28/h1-20,22,32-35H,21,23-26H2/t32-,33+,34-,35+/m1/s1. The molecule has 1 saturated heterocycles. The number of rotatable bonds is 13. The van der Waals surface area contributed by atoms with Crippen molar-refractivity contribution in [3.8, 4) is 0 Å². The maximum absolute atomic E-state index is 6.66. The molecule has 4 aromatic carbocycles. The zero-order valence-electron chi connectivity index (χ0n) is 23.4. The van der Waals surface area contributed by atoms with E-state index in [4.69, 9.17) is 18.9 Å². The van der Waals surface area contributed by atoms with Crippen molar-refractivity contribution in [3.63, 3.8) is 0 Å². The second kappa shape index (κ2) is 14.2. The van der Waals surface area contributed by atoms with E-state index in [0.717, 1.165) is 22.3 Å². The summed E-state index contributed by atoms with van der Waals surface area (Å²) in [5.41, 5.74) is 5.13. The van der Waals surface area contributed by atoms with E-state index in [2.05, 4.69) is 58.8 Å². The van der Waals surface area contributed by atoms with Crippen molar-refractivity contribution in [1.82, 2.24) is 15.0 Å². The molecule has 6 rings (SSSR count). The third kappa shape index (κ3) is 7.38. The number of aromatic nitrogens is 3. The Morgan fingerprint density at radius 2 is 1.10 bits per heavy atom. The lowest BCUT2D eigenvalue weighted by Gasteiger charge is -2.25. The molecule has 5 aromatic rings. The van der Waals surface area contributed by atoms with Crippen LogP contribution in [0.1, 0.15) is 34.1 Å². The molecule has 1 aromatic heterocycles.